The second-order valence-corrected chi connectivity index (χ2v) is 7.11. The average Bonchev–Trinajstić information content (AvgIpc) is 3.09. The molecule has 2 saturated heterocycles. The fourth-order valence-electron chi connectivity index (χ4n) is 4.61. The summed E-state index contributed by atoms with van der Waals surface area (Å²) in [6, 6.07) is 0.376. The first-order valence-electron chi connectivity index (χ1n) is 8.28. The number of amides is 1. The molecule has 2 heterocycles. The van der Waals surface area contributed by atoms with Crippen LogP contribution in [0.15, 0.2) is 0 Å². The minimum Gasteiger partial charge on any atom is -0.481 e. The number of hydrogen-bond donors (Lipinski definition) is 1. The lowest BCUT2D eigenvalue weighted by Gasteiger charge is -2.25. The molecule has 0 aromatic rings. The molecule has 1 unspecified atom stereocenters. The summed E-state index contributed by atoms with van der Waals surface area (Å²) in [6.07, 6.45) is 5.63. The molecule has 2 aliphatic heterocycles. The van der Waals surface area contributed by atoms with Crippen molar-refractivity contribution in [3.63, 3.8) is 0 Å². The average molecular weight is 294 g/mol. The van der Waals surface area contributed by atoms with Gasteiger partial charge in [-0.2, -0.15) is 0 Å². The number of rotatable bonds is 4. The van der Waals surface area contributed by atoms with E-state index in [2.05, 4.69) is 11.8 Å². The van der Waals surface area contributed by atoms with Crippen LogP contribution in [-0.2, 0) is 9.59 Å². The van der Waals surface area contributed by atoms with Crippen molar-refractivity contribution in [3.05, 3.63) is 0 Å². The molecule has 1 saturated carbocycles. The van der Waals surface area contributed by atoms with E-state index in [1.807, 2.05) is 4.90 Å². The maximum atomic E-state index is 12.3. The van der Waals surface area contributed by atoms with Gasteiger partial charge in [0, 0.05) is 38.6 Å². The Morgan fingerprint density at radius 1 is 1.29 bits per heavy atom. The van der Waals surface area contributed by atoms with Crippen LogP contribution < -0.4 is 0 Å². The third-order valence-electron chi connectivity index (χ3n) is 5.88. The largest absolute Gasteiger partial charge is 0.481 e. The van der Waals surface area contributed by atoms with Crippen LogP contribution in [0, 0.1) is 11.3 Å². The summed E-state index contributed by atoms with van der Waals surface area (Å²) in [5, 5.41) is 9.57. The number of carboxylic acid groups (broad SMARTS) is 1. The predicted molar refractivity (Wildman–Crippen MR) is 78.9 cm³/mol. The third kappa shape index (κ3) is 2.56. The van der Waals surface area contributed by atoms with E-state index in [4.69, 9.17) is 0 Å². The van der Waals surface area contributed by atoms with E-state index >= 15 is 0 Å². The zero-order valence-corrected chi connectivity index (χ0v) is 12.9. The molecule has 1 amide bonds. The van der Waals surface area contributed by atoms with Crippen LogP contribution in [0.1, 0.15) is 45.4 Å². The van der Waals surface area contributed by atoms with Crippen molar-refractivity contribution in [2.75, 3.05) is 26.2 Å². The van der Waals surface area contributed by atoms with Crippen molar-refractivity contribution < 1.29 is 14.7 Å². The molecule has 0 aromatic heterocycles. The molecule has 118 valence electrons. The number of carbonyl (C=O) groups excluding carboxylic acids is 1. The number of aliphatic carboxylic acids is 1. The quantitative estimate of drug-likeness (QED) is 0.855. The Kier molecular flexibility index (Phi) is 3.95. The van der Waals surface area contributed by atoms with Gasteiger partial charge in [0.1, 0.15) is 0 Å². The topological polar surface area (TPSA) is 60.9 Å². The number of nitrogens with zero attached hydrogens (tertiary/aromatic N) is 2. The number of carboxylic acids is 1. The van der Waals surface area contributed by atoms with Gasteiger partial charge in [-0.05, 0) is 38.5 Å². The van der Waals surface area contributed by atoms with Gasteiger partial charge in [0.05, 0.1) is 5.41 Å². The zero-order valence-electron chi connectivity index (χ0n) is 12.9. The highest BCUT2D eigenvalue weighted by molar-refractivity contribution is 5.77. The molecule has 21 heavy (non-hydrogen) atoms. The summed E-state index contributed by atoms with van der Waals surface area (Å²) >= 11 is 0. The fraction of sp³-hybridized carbons (Fsp3) is 0.875. The Hall–Kier alpha value is -1.10. The Bertz CT molecular complexity index is 439. The summed E-state index contributed by atoms with van der Waals surface area (Å²) < 4.78 is 0. The standard InChI is InChI=1S/C16H26N2O3/c1-12-4-3-8-18(12)14(19)6-9-17-10-13-5-2-7-16(13,11-17)15(20)21/h12-13H,2-11H2,1H3,(H,20,21)/t12?,13-,16+/m0/s1. The minimum absolute atomic E-state index is 0.237. The predicted octanol–water partition coefficient (Wildman–Crippen LogP) is 1.57. The molecule has 3 aliphatic rings. The fourth-order valence-corrected chi connectivity index (χ4v) is 4.61. The summed E-state index contributed by atoms with van der Waals surface area (Å²) in [5.74, 6) is -0.107. The molecule has 5 nitrogen and oxygen atoms in total. The van der Waals surface area contributed by atoms with E-state index in [0.29, 0.717) is 25.6 Å². The molecular formula is C16H26N2O3. The van der Waals surface area contributed by atoms with Crippen LogP contribution >= 0.6 is 0 Å². The molecule has 3 atom stereocenters. The van der Waals surface area contributed by atoms with E-state index in [9.17, 15) is 14.7 Å². The molecule has 3 fully saturated rings. The van der Waals surface area contributed by atoms with Gasteiger partial charge in [-0.1, -0.05) is 6.42 Å². The number of fused-ring (bicyclic) bond motifs is 1. The Labute approximate surface area is 126 Å². The monoisotopic (exact) mass is 294 g/mol. The first-order chi connectivity index (χ1) is 10.0. The van der Waals surface area contributed by atoms with Gasteiger partial charge in [-0.25, -0.2) is 0 Å². The first-order valence-corrected chi connectivity index (χ1v) is 8.28. The van der Waals surface area contributed by atoms with Crippen molar-refractivity contribution in [1.29, 1.82) is 0 Å². The van der Waals surface area contributed by atoms with Crippen LogP contribution in [0.3, 0.4) is 0 Å². The normalized spacial score (nSPS) is 36.1. The van der Waals surface area contributed by atoms with Crippen molar-refractivity contribution in [3.8, 4) is 0 Å². The summed E-state index contributed by atoms with van der Waals surface area (Å²) in [4.78, 5) is 28.1. The van der Waals surface area contributed by atoms with Crippen LogP contribution in [-0.4, -0.2) is 59.0 Å². The Balaban J connectivity index is 1.53. The maximum Gasteiger partial charge on any atom is 0.311 e. The second-order valence-electron chi connectivity index (χ2n) is 7.11. The molecule has 0 bridgehead atoms. The Morgan fingerprint density at radius 2 is 2.10 bits per heavy atom. The zero-order chi connectivity index (χ0) is 15.0. The van der Waals surface area contributed by atoms with Crippen LogP contribution in [0.4, 0.5) is 0 Å². The van der Waals surface area contributed by atoms with Gasteiger partial charge in [0.2, 0.25) is 5.91 Å². The van der Waals surface area contributed by atoms with Crippen molar-refractivity contribution in [1.82, 2.24) is 9.80 Å². The number of likely N-dealkylation sites (tertiary alicyclic amines) is 2. The van der Waals surface area contributed by atoms with Crippen molar-refractivity contribution in [2.24, 2.45) is 11.3 Å². The van der Waals surface area contributed by atoms with E-state index in [1.165, 1.54) is 0 Å². The van der Waals surface area contributed by atoms with Crippen LogP contribution in [0.25, 0.3) is 0 Å². The van der Waals surface area contributed by atoms with Gasteiger partial charge >= 0.3 is 5.97 Å². The number of carbonyl (C=O) groups is 2. The van der Waals surface area contributed by atoms with Gasteiger partial charge < -0.3 is 14.9 Å². The van der Waals surface area contributed by atoms with E-state index in [-0.39, 0.29) is 11.8 Å². The minimum atomic E-state index is -0.632. The SMILES string of the molecule is CC1CCCN1C(=O)CCN1C[C@@H]2CCC[C@@]2(C(=O)O)C1. The highest BCUT2D eigenvalue weighted by atomic mass is 16.4. The first kappa shape index (κ1) is 14.8. The smallest absolute Gasteiger partial charge is 0.311 e. The van der Waals surface area contributed by atoms with Crippen molar-refractivity contribution >= 4 is 11.9 Å². The van der Waals surface area contributed by atoms with E-state index in [0.717, 1.165) is 45.2 Å². The summed E-state index contributed by atoms with van der Waals surface area (Å²) in [6.45, 7) is 5.21. The molecule has 1 N–H and O–H groups in total. The maximum absolute atomic E-state index is 12.3. The van der Waals surface area contributed by atoms with Gasteiger partial charge in [-0.15, -0.1) is 0 Å². The van der Waals surface area contributed by atoms with Crippen LogP contribution in [0.5, 0.6) is 0 Å². The molecule has 0 aromatic carbocycles. The van der Waals surface area contributed by atoms with Gasteiger partial charge in [0.15, 0.2) is 0 Å². The molecule has 3 rings (SSSR count). The lowest BCUT2D eigenvalue weighted by molar-refractivity contribution is -0.149. The summed E-state index contributed by atoms with van der Waals surface area (Å²) in [7, 11) is 0. The van der Waals surface area contributed by atoms with Gasteiger partial charge in [-0.3, -0.25) is 9.59 Å². The van der Waals surface area contributed by atoms with E-state index in [1.54, 1.807) is 0 Å². The van der Waals surface area contributed by atoms with E-state index < -0.39 is 11.4 Å². The Morgan fingerprint density at radius 3 is 2.71 bits per heavy atom. The van der Waals surface area contributed by atoms with Crippen LogP contribution in [0.2, 0.25) is 0 Å². The van der Waals surface area contributed by atoms with Crippen molar-refractivity contribution in [2.45, 2.75) is 51.5 Å². The lowest BCUT2D eigenvalue weighted by Crippen LogP contribution is -2.38. The molecule has 5 heteroatoms. The summed E-state index contributed by atoms with van der Waals surface area (Å²) in [5.41, 5.74) is -0.524. The third-order valence-corrected chi connectivity index (χ3v) is 5.88. The second kappa shape index (κ2) is 5.59. The highest BCUT2D eigenvalue weighted by Crippen LogP contribution is 2.48. The molecule has 0 radical (unpaired) electrons. The lowest BCUT2D eigenvalue weighted by atomic mass is 9.81. The van der Waals surface area contributed by atoms with Gasteiger partial charge in [0.25, 0.3) is 0 Å². The molecular weight excluding hydrogens is 268 g/mol. The number of hydrogen-bond acceptors (Lipinski definition) is 3. The highest BCUT2D eigenvalue weighted by Gasteiger charge is 2.54. The molecule has 0 spiro atoms. The molecule has 1 aliphatic carbocycles.